The van der Waals surface area contributed by atoms with Crippen LogP contribution in [0.5, 0.6) is 0 Å². The van der Waals surface area contributed by atoms with Crippen molar-refractivity contribution in [2.24, 2.45) is 0 Å². The van der Waals surface area contributed by atoms with Crippen LogP contribution in [0.2, 0.25) is 0 Å². The highest BCUT2D eigenvalue weighted by Gasteiger charge is 2.19. The predicted octanol–water partition coefficient (Wildman–Crippen LogP) is 22.9. The van der Waals surface area contributed by atoms with Crippen molar-refractivity contribution in [3.8, 4) is 0 Å². The quantitative estimate of drug-likeness (QED) is 0.0261. The van der Waals surface area contributed by atoms with Crippen molar-refractivity contribution >= 4 is 17.9 Å². The molecule has 0 aliphatic rings. The fourth-order valence-electron chi connectivity index (χ4n) is 8.91. The summed E-state index contributed by atoms with van der Waals surface area (Å²) in [7, 11) is 0. The van der Waals surface area contributed by atoms with Gasteiger partial charge in [0, 0.05) is 19.3 Å². The van der Waals surface area contributed by atoms with E-state index in [0.717, 1.165) is 122 Å². The molecule has 1 atom stereocenters. The first kappa shape index (κ1) is 75.5. The summed E-state index contributed by atoms with van der Waals surface area (Å²) < 4.78 is 16.8. The third-order valence-electron chi connectivity index (χ3n) is 13.8. The number of esters is 3. The minimum absolute atomic E-state index is 0.103. The number of rotatable bonds is 59. The Morgan fingerprint density at radius 3 is 0.875 bits per heavy atom. The maximum Gasteiger partial charge on any atom is 0.306 e. The summed E-state index contributed by atoms with van der Waals surface area (Å²) in [5.41, 5.74) is 0. The number of carbonyl (C=O) groups is 3. The fourth-order valence-corrected chi connectivity index (χ4v) is 8.91. The van der Waals surface area contributed by atoms with Crippen LogP contribution in [0.15, 0.2) is 134 Å². The molecule has 6 nitrogen and oxygen atoms in total. The summed E-state index contributed by atoms with van der Waals surface area (Å²) in [4.78, 5) is 38.2. The lowest BCUT2D eigenvalue weighted by Gasteiger charge is -2.18. The number of ether oxygens (including phenoxy) is 3. The van der Waals surface area contributed by atoms with Gasteiger partial charge in [-0.3, -0.25) is 14.4 Å². The highest BCUT2D eigenvalue weighted by Crippen LogP contribution is 2.16. The maximum atomic E-state index is 12.9. The van der Waals surface area contributed by atoms with Gasteiger partial charge in [-0.15, -0.1) is 0 Å². The van der Waals surface area contributed by atoms with Crippen LogP contribution in [0.3, 0.4) is 0 Å². The minimum atomic E-state index is -0.810. The monoisotopic (exact) mass is 1110 g/mol. The van der Waals surface area contributed by atoms with Gasteiger partial charge in [-0.1, -0.05) is 283 Å². The van der Waals surface area contributed by atoms with Crippen molar-refractivity contribution in [2.45, 2.75) is 303 Å². The van der Waals surface area contributed by atoms with E-state index in [2.05, 4.69) is 154 Å². The molecule has 0 aliphatic heterocycles. The molecule has 80 heavy (non-hydrogen) atoms. The molecule has 0 spiro atoms. The molecule has 0 N–H and O–H groups in total. The zero-order chi connectivity index (χ0) is 57.8. The van der Waals surface area contributed by atoms with Gasteiger partial charge in [-0.2, -0.15) is 0 Å². The number of unbranched alkanes of at least 4 members (excludes halogenated alkanes) is 26. The van der Waals surface area contributed by atoms with Crippen LogP contribution in [-0.2, 0) is 28.6 Å². The summed E-state index contributed by atoms with van der Waals surface area (Å²) in [5.74, 6) is -0.974. The SMILES string of the molecule is CC/C=C\C/C=C\C/C=C\C/C=C\C/C=C\C/C=C\C/C=C\C/C=C\C/C=C\CCCC(=O)OCC(COC(=O)CCCCCCC/C=C\CCC)OC(=O)CCCCCCCCCCCCC/C=C\CCCCCCCCCC. The molecular formula is C74H122O6. The van der Waals surface area contributed by atoms with Crippen molar-refractivity contribution in [3.05, 3.63) is 134 Å². The van der Waals surface area contributed by atoms with E-state index < -0.39 is 6.10 Å². The molecule has 6 heteroatoms. The Morgan fingerprint density at radius 1 is 0.263 bits per heavy atom. The summed E-state index contributed by atoms with van der Waals surface area (Å²) in [5, 5.41) is 0. The van der Waals surface area contributed by atoms with Gasteiger partial charge in [0.15, 0.2) is 6.10 Å². The average Bonchev–Trinajstić information content (AvgIpc) is 3.46. The molecule has 0 bridgehead atoms. The first-order chi connectivity index (χ1) is 39.5. The molecule has 0 fully saturated rings. The molecule has 0 heterocycles. The summed E-state index contributed by atoms with van der Waals surface area (Å²) in [6.07, 6.45) is 94.8. The number of carbonyl (C=O) groups excluding carboxylic acids is 3. The van der Waals surface area contributed by atoms with Gasteiger partial charge in [-0.05, 0) is 128 Å². The van der Waals surface area contributed by atoms with Gasteiger partial charge in [0.25, 0.3) is 0 Å². The highest BCUT2D eigenvalue weighted by molar-refractivity contribution is 5.71. The van der Waals surface area contributed by atoms with Gasteiger partial charge < -0.3 is 14.2 Å². The largest absolute Gasteiger partial charge is 0.462 e. The second-order valence-electron chi connectivity index (χ2n) is 21.6. The van der Waals surface area contributed by atoms with E-state index >= 15 is 0 Å². The highest BCUT2D eigenvalue weighted by atomic mass is 16.6. The lowest BCUT2D eigenvalue weighted by molar-refractivity contribution is -0.167. The molecule has 0 saturated heterocycles. The second kappa shape index (κ2) is 67.1. The van der Waals surface area contributed by atoms with Gasteiger partial charge in [0.05, 0.1) is 0 Å². The Labute approximate surface area is 494 Å². The number of hydrogen-bond donors (Lipinski definition) is 0. The molecule has 0 saturated carbocycles. The lowest BCUT2D eigenvalue weighted by Crippen LogP contribution is -2.30. The Balaban J connectivity index is 4.36. The smallest absolute Gasteiger partial charge is 0.306 e. The van der Waals surface area contributed by atoms with E-state index in [4.69, 9.17) is 14.2 Å². The molecule has 454 valence electrons. The minimum Gasteiger partial charge on any atom is -0.462 e. The van der Waals surface area contributed by atoms with Gasteiger partial charge in [0.2, 0.25) is 0 Å². The normalized spacial score (nSPS) is 13.0. The van der Waals surface area contributed by atoms with Gasteiger partial charge >= 0.3 is 17.9 Å². The van der Waals surface area contributed by atoms with Crippen molar-refractivity contribution in [1.82, 2.24) is 0 Å². The zero-order valence-electron chi connectivity index (χ0n) is 52.0. The molecule has 0 aromatic rings. The standard InChI is InChI=1S/C74H122O6/c1-4-7-10-13-16-19-22-24-26-28-30-32-34-35-36-37-38-39-41-42-44-46-48-50-52-55-58-61-64-67-73(76)79-70-71(69-78-72(75)66-63-60-57-54-21-18-15-12-9-6-3)80-74(77)68-65-62-59-56-53-51-49-47-45-43-40-33-31-29-27-25-23-20-17-14-11-8-5-2/h7,10,12,15-16,19,24,26,29-32,35-36,38-39,42,44,48,50,55,58,71H,4-6,8-9,11,13-14,17-18,20-23,25,27-28,33-34,37,40-41,43,45-47,49,51-54,56-57,59-70H2,1-3H3/b10-7-,15-12-,19-16-,26-24-,31-29-,32-30-,36-35-,39-38-,44-42-,50-48-,58-55-. The third kappa shape index (κ3) is 64.4. The molecule has 0 aromatic heterocycles. The van der Waals surface area contributed by atoms with Crippen LogP contribution in [0, 0.1) is 0 Å². The zero-order valence-corrected chi connectivity index (χ0v) is 52.0. The summed E-state index contributed by atoms with van der Waals surface area (Å²) >= 11 is 0. The topological polar surface area (TPSA) is 78.9 Å². The van der Waals surface area contributed by atoms with Crippen LogP contribution < -0.4 is 0 Å². The fraction of sp³-hybridized carbons (Fsp3) is 0.662. The Kier molecular flexibility index (Phi) is 63.3. The maximum absolute atomic E-state index is 12.9. The van der Waals surface area contributed by atoms with E-state index in [0.29, 0.717) is 19.3 Å². The Morgan fingerprint density at radius 2 is 0.525 bits per heavy atom. The first-order valence-electron chi connectivity index (χ1n) is 33.2. The molecule has 0 aliphatic carbocycles. The lowest BCUT2D eigenvalue weighted by atomic mass is 10.0. The second-order valence-corrected chi connectivity index (χ2v) is 21.6. The van der Waals surface area contributed by atoms with Crippen LogP contribution in [0.1, 0.15) is 297 Å². The van der Waals surface area contributed by atoms with Crippen LogP contribution in [-0.4, -0.2) is 37.2 Å². The van der Waals surface area contributed by atoms with Crippen LogP contribution in [0.4, 0.5) is 0 Å². The van der Waals surface area contributed by atoms with E-state index in [1.165, 1.54) is 128 Å². The molecular weight excluding hydrogens is 985 g/mol. The van der Waals surface area contributed by atoms with Crippen LogP contribution in [0.25, 0.3) is 0 Å². The van der Waals surface area contributed by atoms with E-state index in [9.17, 15) is 14.4 Å². The van der Waals surface area contributed by atoms with E-state index in [-0.39, 0.29) is 37.5 Å². The Bertz CT molecular complexity index is 1700. The third-order valence-corrected chi connectivity index (χ3v) is 13.8. The summed E-state index contributed by atoms with van der Waals surface area (Å²) in [6, 6.07) is 0. The average molecular weight is 1110 g/mol. The molecule has 0 amide bonds. The van der Waals surface area contributed by atoms with Crippen molar-refractivity contribution in [3.63, 3.8) is 0 Å². The van der Waals surface area contributed by atoms with Crippen LogP contribution >= 0.6 is 0 Å². The number of hydrogen-bond acceptors (Lipinski definition) is 6. The van der Waals surface area contributed by atoms with Crippen molar-refractivity contribution in [1.29, 1.82) is 0 Å². The molecule has 0 rings (SSSR count). The number of allylic oxidation sites excluding steroid dienone is 22. The first-order valence-corrected chi connectivity index (χ1v) is 33.2. The summed E-state index contributed by atoms with van der Waals surface area (Å²) in [6.45, 7) is 6.42. The van der Waals surface area contributed by atoms with Crippen molar-refractivity contribution < 1.29 is 28.6 Å². The van der Waals surface area contributed by atoms with E-state index in [1.807, 2.05) is 0 Å². The molecule has 0 aromatic carbocycles. The molecule has 1 unspecified atom stereocenters. The van der Waals surface area contributed by atoms with Gasteiger partial charge in [0.1, 0.15) is 13.2 Å². The Hall–Kier alpha value is -4.45. The van der Waals surface area contributed by atoms with Crippen molar-refractivity contribution in [2.75, 3.05) is 13.2 Å². The predicted molar refractivity (Wildman–Crippen MR) is 348 cm³/mol. The molecule has 0 radical (unpaired) electrons. The van der Waals surface area contributed by atoms with E-state index in [1.54, 1.807) is 0 Å². The van der Waals surface area contributed by atoms with Gasteiger partial charge in [-0.25, -0.2) is 0 Å².